The summed E-state index contributed by atoms with van der Waals surface area (Å²) in [5.74, 6) is -1.48. The van der Waals surface area contributed by atoms with Gasteiger partial charge < -0.3 is 9.84 Å². The van der Waals surface area contributed by atoms with Crippen LogP contribution in [0.5, 0.6) is 0 Å². The number of hydrogen-bond acceptors (Lipinski definition) is 4. The molecule has 7 heteroatoms. The second-order valence-corrected chi connectivity index (χ2v) is 4.66. The predicted octanol–water partition coefficient (Wildman–Crippen LogP) is 1.66. The van der Waals surface area contributed by atoms with Crippen molar-refractivity contribution < 1.29 is 19.0 Å². The minimum Gasteiger partial charge on any atom is -0.476 e. The van der Waals surface area contributed by atoms with Crippen molar-refractivity contribution in [1.29, 1.82) is 0 Å². The molecular formula is C14H16FN3O3. The first-order valence-electron chi connectivity index (χ1n) is 6.42. The molecule has 0 spiro atoms. The Morgan fingerprint density at radius 3 is 2.90 bits per heavy atom. The average molecular weight is 293 g/mol. The maximum atomic E-state index is 13.3. The molecule has 6 nitrogen and oxygen atoms in total. The molecular weight excluding hydrogens is 277 g/mol. The molecule has 112 valence electrons. The zero-order valence-corrected chi connectivity index (χ0v) is 11.8. The smallest absolute Gasteiger partial charge is 0.358 e. The van der Waals surface area contributed by atoms with Crippen LogP contribution in [0.3, 0.4) is 0 Å². The van der Waals surface area contributed by atoms with E-state index >= 15 is 0 Å². The quantitative estimate of drug-likeness (QED) is 0.876. The van der Waals surface area contributed by atoms with Crippen LogP contribution in [0, 0.1) is 12.7 Å². The Hall–Kier alpha value is -2.28. The third-order valence-electron chi connectivity index (χ3n) is 3.21. The molecule has 0 saturated carbocycles. The average Bonchev–Trinajstić information content (AvgIpc) is 2.83. The Morgan fingerprint density at radius 1 is 1.48 bits per heavy atom. The van der Waals surface area contributed by atoms with Crippen molar-refractivity contribution in [2.45, 2.75) is 19.9 Å². The number of benzene rings is 1. The molecule has 0 atom stereocenters. The van der Waals surface area contributed by atoms with Gasteiger partial charge in [0.25, 0.3) is 0 Å². The summed E-state index contributed by atoms with van der Waals surface area (Å²) < 4.78 is 19.8. The molecule has 0 saturated heterocycles. The fraction of sp³-hybridized carbons (Fsp3) is 0.357. The zero-order chi connectivity index (χ0) is 15.4. The van der Waals surface area contributed by atoms with E-state index in [4.69, 9.17) is 9.84 Å². The van der Waals surface area contributed by atoms with Gasteiger partial charge in [-0.05, 0) is 30.2 Å². The van der Waals surface area contributed by atoms with Crippen LogP contribution >= 0.6 is 0 Å². The Morgan fingerprint density at radius 2 is 2.24 bits per heavy atom. The van der Waals surface area contributed by atoms with Crippen molar-refractivity contribution in [3.05, 3.63) is 46.5 Å². The number of aromatic nitrogens is 3. The highest BCUT2D eigenvalue weighted by atomic mass is 19.1. The molecule has 0 unspecified atom stereocenters. The van der Waals surface area contributed by atoms with Gasteiger partial charge in [0.05, 0.1) is 18.8 Å². The molecule has 0 fully saturated rings. The number of ether oxygens (including phenoxy) is 1. The van der Waals surface area contributed by atoms with Crippen LogP contribution in [0.1, 0.15) is 27.3 Å². The summed E-state index contributed by atoms with van der Waals surface area (Å²) in [4.78, 5) is 11.2. The molecule has 21 heavy (non-hydrogen) atoms. The lowest BCUT2D eigenvalue weighted by molar-refractivity contribution is 0.0688. The number of methoxy groups -OCH3 is 1. The number of carboxylic acid groups (broad SMARTS) is 1. The number of nitrogens with zero attached hydrogens (tertiary/aromatic N) is 3. The molecule has 1 N–H and O–H groups in total. The van der Waals surface area contributed by atoms with Crippen molar-refractivity contribution >= 4 is 5.97 Å². The number of carbonyl (C=O) groups is 1. The summed E-state index contributed by atoms with van der Waals surface area (Å²) in [6.07, 6.45) is 0.375. The van der Waals surface area contributed by atoms with Crippen LogP contribution in [-0.4, -0.2) is 39.8 Å². The molecule has 0 radical (unpaired) electrons. The lowest BCUT2D eigenvalue weighted by Crippen LogP contribution is -2.12. The first kappa shape index (κ1) is 15.1. The van der Waals surface area contributed by atoms with Crippen LogP contribution in [0.4, 0.5) is 4.39 Å². The normalized spacial score (nSPS) is 10.8. The van der Waals surface area contributed by atoms with Crippen molar-refractivity contribution in [2.75, 3.05) is 13.7 Å². The van der Waals surface area contributed by atoms with Gasteiger partial charge in [0.15, 0.2) is 5.69 Å². The number of aryl methyl sites for hydroxylation is 1. The SMILES string of the molecule is COCCc1c(C(=O)O)nnn1Cc1cc(F)ccc1C. The number of rotatable bonds is 6. The van der Waals surface area contributed by atoms with E-state index in [2.05, 4.69) is 10.3 Å². The van der Waals surface area contributed by atoms with Crippen molar-refractivity contribution in [1.82, 2.24) is 15.0 Å². The summed E-state index contributed by atoms with van der Waals surface area (Å²) in [5.41, 5.74) is 2.01. The highest BCUT2D eigenvalue weighted by Gasteiger charge is 2.19. The number of halogens is 1. The van der Waals surface area contributed by atoms with Crippen LogP contribution in [0.2, 0.25) is 0 Å². The first-order valence-corrected chi connectivity index (χ1v) is 6.42. The lowest BCUT2D eigenvalue weighted by Gasteiger charge is -2.09. The summed E-state index contributed by atoms with van der Waals surface area (Å²) in [5, 5.41) is 16.7. The van der Waals surface area contributed by atoms with E-state index in [0.717, 1.165) is 11.1 Å². The molecule has 1 aromatic heterocycles. The summed E-state index contributed by atoms with van der Waals surface area (Å²) >= 11 is 0. The fourth-order valence-electron chi connectivity index (χ4n) is 2.04. The van der Waals surface area contributed by atoms with Crippen LogP contribution in [0.25, 0.3) is 0 Å². The highest BCUT2D eigenvalue weighted by molar-refractivity contribution is 5.86. The summed E-state index contributed by atoms with van der Waals surface area (Å²) in [6, 6.07) is 4.47. The summed E-state index contributed by atoms with van der Waals surface area (Å²) in [6.45, 7) is 2.48. The Bertz CT molecular complexity index is 655. The van der Waals surface area contributed by atoms with Gasteiger partial charge >= 0.3 is 5.97 Å². The first-order chi connectivity index (χ1) is 10.0. The fourth-order valence-corrected chi connectivity index (χ4v) is 2.04. The molecule has 0 amide bonds. The van der Waals surface area contributed by atoms with E-state index in [1.165, 1.54) is 23.9 Å². The van der Waals surface area contributed by atoms with E-state index in [-0.39, 0.29) is 18.1 Å². The van der Waals surface area contributed by atoms with Crippen molar-refractivity contribution in [3.63, 3.8) is 0 Å². The molecule has 1 heterocycles. The van der Waals surface area contributed by atoms with Crippen LogP contribution in [0.15, 0.2) is 18.2 Å². The molecule has 0 bridgehead atoms. The van der Waals surface area contributed by atoms with E-state index in [0.29, 0.717) is 18.7 Å². The van der Waals surface area contributed by atoms with Gasteiger partial charge in [-0.2, -0.15) is 0 Å². The van der Waals surface area contributed by atoms with Gasteiger partial charge in [-0.25, -0.2) is 13.9 Å². The van der Waals surface area contributed by atoms with Gasteiger partial charge in [-0.1, -0.05) is 11.3 Å². The Kier molecular flexibility index (Phi) is 4.64. The molecule has 1 aromatic carbocycles. The van der Waals surface area contributed by atoms with Gasteiger partial charge in [-0.15, -0.1) is 5.10 Å². The maximum absolute atomic E-state index is 13.3. The topological polar surface area (TPSA) is 77.2 Å². The van der Waals surface area contributed by atoms with Crippen molar-refractivity contribution in [2.24, 2.45) is 0 Å². The van der Waals surface area contributed by atoms with Gasteiger partial charge in [0, 0.05) is 13.5 Å². The van der Waals surface area contributed by atoms with Gasteiger partial charge in [0.1, 0.15) is 5.82 Å². The predicted molar refractivity (Wildman–Crippen MR) is 72.8 cm³/mol. The minimum absolute atomic E-state index is 0.0962. The number of carboxylic acids is 1. The third kappa shape index (κ3) is 3.43. The second-order valence-electron chi connectivity index (χ2n) is 4.66. The molecule has 2 aromatic rings. The number of hydrogen-bond donors (Lipinski definition) is 1. The minimum atomic E-state index is -1.14. The monoisotopic (exact) mass is 293 g/mol. The molecule has 0 aliphatic rings. The highest BCUT2D eigenvalue weighted by Crippen LogP contribution is 2.14. The summed E-state index contributed by atoms with van der Waals surface area (Å²) in [7, 11) is 1.53. The maximum Gasteiger partial charge on any atom is 0.358 e. The van der Waals surface area contributed by atoms with Gasteiger partial charge in [0.2, 0.25) is 0 Å². The van der Waals surface area contributed by atoms with Crippen molar-refractivity contribution in [3.8, 4) is 0 Å². The Labute approximate surface area is 121 Å². The Balaban J connectivity index is 2.34. The van der Waals surface area contributed by atoms with Crippen LogP contribution in [-0.2, 0) is 17.7 Å². The van der Waals surface area contributed by atoms with E-state index in [9.17, 15) is 9.18 Å². The number of aromatic carboxylic acids is 1. The molecule has 0 aliphatic carbocycles. The largest absolute Gasteiger partial charge is 0.476 e. The van der Waals surface area contributed by atoms with E-state index in [1.54, 1.807) is 6.07 Å². The second kappa shape index (κ2) is 6.45. The van der Waals surface area contributed by atoms with Gasteiger partial charge in [-0.3, -0.25) is 0 Å². The molecule has 2 rings (SSSR count). The standard InChI is InChI=1S/C14H16FN3O3/c1-9-3-4-11(15)7-10(9)8-18-12(5-6-21-2)13(14(19)20)16-17-18/h3-4,7H,5-6,8H2,1-2H3,(H,19,20). The van der Waals surface area contributed by atoms with Crippen LogP contribution < -0.4 is 0 Å². The third-order valence-corrected chi connectivity index (χ3v) is 3.21. The lowest BCUT2D eigenvalue weighted by atomic mass is 10.1. The van der Waals surface area contributed by atoms with E-state index in [1.807, 2.05) is 6.92 Å². The zero-order valence-electron chi connectivity index (χ0n) is 11.8. The molecule has 0 aliphatic heterocycles. The van der Waals surface area contributed by atoms with E-state index < -0.39 is 5.97 Å².